The third-order valence-electron chi connectivity index (χ3n) is 12.9. The Balaban J connectivity index is 1.61. The van der Waals surface area contributed by atoms with Crippen LogP contribution in [0.1, 0.15) is 113 Å². The lowest BCUT2D eigenvalue weighted by Gasteiger charge is -2.48. The molecule has 6 heteroatoms. The van der Waals surface area contributed by atoms with E-state index in [1.54, 1.807) is 0 Å². The molecule has 1 aliphatic rings. The fraction of sp³-hybridized carbons (Fsp3) is 0.436. The zero-order valence-corrected chi connectivity index (χ0v) is 40.8. The van der Waals surface area contributed by atoms with E-state index in [1.165, 1.54) is 33.4 Å². The third kappa shape index (κ3) is 11.3. The molecule has 0 heterocycles. The zero-order valence-electron chi connectivity index (χ0n) is 38.8. The van der Waals surface area contributed by atoms with Gasteiger partial charge in [0.05, 0.1) is 18.8 Å². The molecule has 0 saturated heterocycles. The summed E-state index contributed by atoms with van der Waals surface area (Å²) in [6, 6.07) is 44.1. The second kappa shape index (κ2) is 21.3. The summed E-state index contributed by atoms with van der Waals surface area (Å²) in [6.07, 6.45) is 17.4. The van der Waals surface area contributed by atoms with Crippen LogP contribution in [-0.2, 0) is 18.4 Å². The van der Waals surface area contributed by atoms with Crippen molar-refractivity contribution in [2.24, 2.45) is 11.8 Å². The average Bonchev–Trinajstić information content (AvgIpc) is 3.55. The first-order valence-corrected chi connectivity index (χ1v) is 26.6. The van der Waals surface area contributed by atoms with E-state index in [2.05, 4.69) is 201 Å². The van der Waals surface area contributed by atoms with Gasteiger partial charge in [0.2, 0.25) is 0 Å². The Labute approximate surface area is 371 Å². The Morgan fingerprint density at radius 3 is 1.61 bits per heavy atom. The summed E-state index contributed by atoms with van der Waals surface area (Å²) >= 11 is 0. The summed E-state index contributed by atoms with van der Waals surface area (Å²) in [7, 11) is -4.28. The van der Waals surface area contributed by atoms with Crippen LogP contribution < -0.4 is 20.7 Å². The largest absolute Gasteiger partial charge is 0.469 e. The molecule has 0 aromatic heterocycles. The van der Waals surface area contributed by atoms with Crippen LogP contribution in [0.15, 0.2) is 158 Å². The molecular weight excluding hydrogens is 781 g/mol. The Hall–Kier alpha value is -4.08. The van der Waals surface area contributed by atoms with E-state index in [4.69, 9.17) is 20.2 Å². The minimum absolute atomic E-state index is 0.0443. The molecule has 0 amide bonds. The summed E-state index contributed by atoms with van der Waals surface area (Å²) < 4.78 is 20.9. The summed E-state index contributed by atoms with van der Waals surface area (Å²) in [5.74, 6) is 0.0953. The van der Waals surface area contributed by atoms with Gasteiger partial charge in [0.15, 0.2) is 0 Å². The van der Waals surface area contributed by atoms with E-state index in [0.717, 1.165) is 51.4 Å². The quantitative estimate of drug-likeness (QED) is 0.0384. The van der Waals surface area contributed by atoms with Crippen molar-refractivity contribution in [2.75, 3.05) is 7.11 Å². The number of carbonyl (C=O) groups is 1. The number of allylic oxidation sites excluding steroid dienone is 3. The molecule has 1 fully saturated rings. The van der Waals surface area contributed by atoms with Gasteiger partial charge >= 0.3 is 5.97 Å². The second-order valence-corrected chi connectivity index (χ2v) is 27.9. The van der Waals surface area contributed by atoms with Crippen LogP contribution in [0.25, 0.3) is 0 Å². The SMILES string of the molecule is C=C1C[C@H](O[Si](c2ccccc2)(c2ccccc2)C(C)(C)C)[C@H](C/C=C/CCCC(=O)OC)[C@H]1/C=C/C(C)(CCCCC)O[Si](c1ccccc1)(c1ccccc1)C(C)(C)C. The first-order valence-electron chi connectivity index (χ1n) is 22.8. The number of hydrogen-bond acceptors (Lipinski definition) is 4. The van der Waals surface area contributed by atoms with Gasteiger partial charge in [-0.05, 0) is 75.8 Å². The number of rotatable bonds is 20. The molecule has 4 aromatic carbocycles. The molecule has 4 nitrogen and oxygen atoms in total. The van der Waals surface area contributed by atoms with Gasteiger partial charge in [-0.1, -0.05) is 226 Å². The number of esters is 1. The molecule has 326 valence electrons. The van der Waals surface area contributed by atoms with Gasteiger partial charge in [-0.2, -0.15) is 0 Å². The molecule has 4 atom stereocenters. The van der Waals surface area contributed by atoms with Crippen molar-refractivity contribution in [3.8, 4) is 0 Å². The van der Waals surface area contributed by atoms with Crippen molar-refractivity contribution in [2.45, 2.75) is 135 Å². The molecule has 0 aliphatic heterocycles. The van der Waals surface area contributed by atoms with Crippen LogP contribution in [0.2, 0.25) is 10.1 Å². The predicted octanol–water partition coefficient (Wildman–Crippen LogP) is 11.9. The van der Waals surface area contributed by atoms with Crippen molar-refractivity contribution in [1.82, 2.24) is 0 Å². The maximum Gasteiger partial charge on any atom is 0.305 e. The van der Waals surface area contributed by atoms with Crippen molar-refractivity contribution < 1.29 is 18.4 Å². The van der Waals surface area contributed by atoms with E-state index < -0.39 is 22.2 Å². The highest BCUT2D eigenvalue weighted by atomic mass is 28.4. The van der Waals surface area contributed by atoms with Crippen molar-refractivity contribution in [1.29, 1.82) is 0 Å². The molecule has 5 rings (SSSR count). The molecule has 0 N–H and O–H groups in total. The lowest BCUT2D eigenvalue weighted by molar-refractivity contribution is -0.140. The first-order chi connectivity index (χ1) is 29.1. The summed E-state index contributed by atoms with van der Waals surface area (Å²) in [6.45, 7) is 23.6. The fourth-order valence-electron chi connectivity index (χ4n) is 9.74. The predicted molar refractivity (Wildman–Crippen MR) is 263 cm³/mol. The number of hydrogen-bond donors (Lipinski definition) is 0. The molecule has 1 unspecified atom stereocenters. The molecule has 61 heavy (non-hydrogen) atoms. The summed E-state index contributed by atoms with van der Waals surface area (Å²) in [5.41, 5.74) is 0.677. The fourth-order valence-corrected chi connectivity index (χ4v) is 19.3. The number of methoxy groups -OCH3 is 1. The Kier molecular flexibility index (Phi) is 16.8. The number of unbranched alkanes of at least 4 members (excludes halogenated alkanes) is 3. The maximum atomic E-state index is 11.9. The van der Waals surface area contributed by atoms with Crippen LogP contribution in [-0.4, -0.2) is 41.4 Å². The Bertz CT molecular complexity index is 1940. The second-order valence-electron chi connectivity index (χ2n) is 19.4. The van der Waals surface area contributed by atoms with Crippen LogP contribution in [0, 0.1) is 11.8 Å². The zero-order chi connectivity index (χ0) is 44.2. The van der Waals surface area contributed by atoms with E-state index >= 15 is 0 Å². The summed E-state index contributed by atoms with van der Waals surface area (Å²) in [4.78, 5) is 11.9. The maximum absolute atomic E-state index is 11.9. The lowest BCUT2D eigenvalue weighted by atomic mass is 9.87. The molecule has 1 saturated carbocycles. The van der Waals surface area contributed by atoms with E-state index in [0.29, 0.717) is 6.42 Å². The van der Waals surface area contributed by atoms with Gasteiger partial charge in [0.25, 0.3) is 16.6 Å². The standard InChI is InChI=1S/C55H74O4Si2/c1-11-12-29-41-55(9,59-61(54(6,7)8,47-34-23-17-24-35-47)48-36-25-18-26-37-48)42-40-49-44(2)43-51(50(49)38-27-13-14-28-39-52(56)57-10)58-60(53(3,4)5,45-30-19-15-20-31-45)46-32-21-16-22-33-46/h13,15-27,30-37,40,42,49-51H,2,11-12,14,28-29,38-39,41,43H2,1,3-10H3/b27-13+,42-40+/t49-,50+,51-,55?/m0/s1. The molecule has 4 aromatic rings. The highest BCUT2D eigenvalue weighted by Crippen LogP contribution is 2.47. The van der Waals surface area contributed by atoms with Crippen molar-refractivity contribution in [3.63, 3.8) is 0 Å². The number of ether oxygens (including phenoxy) is 1. The normalized spacial score (nSPS) is 18.8. The van der Waals surface area contributed by atoms with Crippen LogP contribution >= 0.6 is 0 Å². The Morgan fingerprint density at radius 2 is 1.16 bits per heavy atom. The molecule has 1 aliphatic carbocycles. The molecule has 0 bridgehead atoms. The molecular formula is C55H74O4Si2. The van der Waals surface area contributed by atoms with Gasteiger partial charge in [-0.15, -0.1) is 0 Å². The smallest absolute Gasteiger partial charge is 0.305 e. The lowest BCUT2D eigenvalue weighted by Crippen LogP contribution is -2.69. The van der Waals surface area contributed by atoms with Gasteiger partial charge in [-0.3, -0.25) is 4.79 Å². The van der Waals surface area contributed by atoms with Gasteiger partial charge in [0.1, 0.15) is 0 Å². The monoisotopic (exact) mass is 855 g/mol. The van der Waals surface area contributed by atoms with E-state index in [-0.39, 0.29) is 34.0 Å². The summed E-state index contributed by atoms with van der Waals surface area (Å²) in [5, 5.41) is 4.87. The van der Waals surface area contributed by atoms with Gasteiger partial charge in [-0.25, -0.2) is 0 Å². The highest BCUT2D eigenvalue weighted by molar-refractivity contribution is 7.00. The third-order valence-corrected chi connectivity index (χ3v) is 23.1. The van der Waals surface area contributed by atoms with Crippen LogP contribution in [0.5, 0.6) is 0 Å². The van der Waals surface area contributed by atoms with E-state index in [9.17, 15) is 4.79 Å². The highest BCUT2D eigenvalue weighted by Gasteiger charge is 2.55. The topological polar surface area (TPSA) is 44.8 Å². The molecule has 0 radical (unpaired) electrons. The minimum atomic E-state index is -2.88. The van der Waals surface area contributed by atoms with Crippen LogP contribution in [0.3, 0.4) is 0 Å². The van der Waals surface area contributed by atoms with Crippen molar-refractivity contribution in [3.05, 3.63) is 158 Å². The van der Waals surface area contributed by atoms with Gasteiger partial charge in [0, 0.05) is 12.3 Å². The molecule has 0 spiro atoms. The van der Waals surface area contributed by atoms with Gasteiger partial charge < -0.3 is 13.6 Å². The van der Waals surface area contributed by atoms with E-state index in [1.807, 2.05) is 0 Å². The Morgan fingerprint density at radius 1 is 0.689 bits per heavy atom. The number of carbonyl (C=O) groups excluding carboxylic acids is 1. The van der Waals surface area contributed by atoms with Crippen LogP contribution in [0.4, 0.5) is 0 Å². The minimum Gasteiger partial charge on any atom is -0.469 e. The number of benzene rings is 4. The first kappa shape index (κ1) is 48.0. The van der Waals surface area contributed by atoms with Crippen molar-refractivity contribution >= 4 is 43.4 Å². The average molecular weight is 855 g/mol.